The van der Waals surface area contributed by atoms with Gasteiger partial charge in [-0.15, -0.1) is 0 Å². The highest BCUT2D eigenvalue weighted by Gasteiger charge is 2.31. The summed E-state index contributed by atoms with van der Waals surface area (Å²) in [6.45, 7) is 4.89. The average Bonchev–Trinajstić information content (AvgIpc) is 2.63. The van der Waals surface area contributed by atoms with Crippen molar-refractivity contribution in [2.75, 3.05) is 57.9 Å². The standard InChI is InChI=1S/C18H26F3N3O2/c1-26-13-6-17(25)22-7-3-8-23-9-11-24(12-10-23)16-5-2-4-15(14-16)18(19,20)21/h2,4-5,14H,3,6-13H2,1H3,(H,22,25). The number of carbonyl (C=O) groups excluding carboxylic acids is 1. The molecule has 1 aromatic carbocycles. The molecule has 146 valence electrons. The molecule has 0 spiro atoms. The van der Waals surface area contributed by atoms with Crippen molar-refractivity contribution >= 4 is 11.6 Å². The third-order valence-corrected chi connectivity index (χ3v) is 4.42. The number of nitrogens with one attached hydrogen (secondary N) is 1. The maximum Gasteiger partial charge on any atom is 0.416 e. The maximum atomic E-state index is 12.8. The van der Waals surface area contributed by atoms with E-state index in [0.717, 1.165) is 32.1 Å². The molecule has 0 aliphatic carbocycles. The lowest BCUT2D eigenvalue weighted by molar-refractivity contribution is -0.137. The van der Waals surface area contributed by atoms with Crippen LogP contribution in [0.2, 0.25) is 0 Å². The smallest absolute Gasteiger partial charge is 0.384 e. The first-order chi connectivity index (χ1) is 12.4. The van der Waals surface area contributed by atoms with Gasteiger partial charge >= 0.3 is 6.18 Å². The lowest BCUT2D eigenvalue weighted by Gasteiger charge is -2.36. The topological polar surface area (TPSA) is 44.8 Å². The molecule has 1 aromatic rings. The Bertz CT molecular complexity index is 573. The van der Waals surface area contributed by atoms with Gasteiger partial charge in [-0.3, -0.25) is 9.69 Å². The SMILES string of the molecule is COCCC(=O)NCCCN1CCN(c2cccc(C(F)(F)F)c2)CC1. The minimum atomic E-state index is -4.31. The van der Waals surface area contributed by atoms with Crippen molar-refractivity contribution in [2.45, 2.75) is 19.0 Å². The van der Waals surface area contributed by atoms with Crippen LogP contribution in [-0.2, 0) is 15.7 Å². The van der Waals surface area contributed by atoms with Crippen molar-refractivity contribution in [1.82, 2.24) is 10.2 Å². The van der Waals surface area contributed by atoms with Gasteiger partial charge in [0.1, 0.15) is 0 Å². The van der Waals surface area contributed by atoms with Gasteiger partial charge in [0.15, 0.2) is 0 Å². The highest BCUT2D eigenvalue weighted by atomic mass is 19.4. The number of halogens is 3. The second-order valence-corrected chi connectivity index (χ2v) is 6.32. The van der Waals surface area contributed by atoms with E-state index in [1.807, 2.05) is 4.90 Å². The number of ether oxygens (including phenoxy) is 1. The monoisotopic (exact) mass is 373 g/mol. The van der Waals surface area contributed by atoms with Gasteiger partial charge in [-0.1, -0.05) is 6.07 Å². The number of alkyl halides is 3. The van der Waals surface area contributed by atoms with Crippen molar-refractivity contribution < 1.29 is 22.7 Å². The van der Waals surface area contributed by atoms with E-state index in [1.54, 1.807) is 13.2 Å². The fourth-order valence-electron chi connectivity index (χ4n) is 2.92. The molecule has 1 aliphatic heterocycles. The summed E-state index contributed by atoms with van der Waals surface area (Å²) in [4.78, 5) is 15.7. The minimum Gasteiger partial charge on any atom is -0.384 e. The number of anilines is 1. The number of rotatable bonds is 8. The van der Waals surface area contributed by atoms with Crippen LogP contribution in [0.1, 0.15) is 18.4 Å². The average molecular weight is 373 g/mol. The van der Waals surface area contributed by atoms with E-state index in [2.05, 4.69) is 10.2 Å². The molecule has 2 rings (SSSR count). The van der Waals surface area contributed by atoms with Crippen molar-refractivity contribution in [3.05, 3.63) is 29.8 Å². The van der Waals surface area contributed by atoms with E-state index in [0.29, 0.717) is 38.3 Å². The van der Waals surface area contributed by atoms with Gasteiger partial charge in [0.05, 0.1) is 12.2 Å². The van der Waals surface area contributed by atoms with Crippen molar-refractivity contribution in [3.63, 3.8) is 0 Å². The van der Waals surface area contributed by atoms with Crippen LogP contribution in [0.5, 0.6) is 0 Å². The van der Waals surface area contributed by atoms with Crippen LogP contribution in [0.15, 0.2) is 24.3 Å². The number of piperazine rings is 1. The van der Waals surface area contributed by atoms with E-state index in [1.165, 1.54) is 12.1 Å². The molecule has 1 heterocycles. The van der Waals surface area contributed by atoms with Crippen molar-refractivity contribution in [1.29, 1.82) is 0 Å². The van der Waals surface area contributed by atoms with Crippen LogP contribution < -0.4 is 10.2 Å². The molecule has 0 saturated carbocycles. The van der Waals surface area contributed by atoms with E-state index < -0.39 is 11.7 Å². The molecular weight excluding hydrogens is 347 g/mol. The Kier molecular flexibility index (Phi) is 7.71. The molecule has 1 N–H and O–H groups in total. The van der Waals surface area contributed by atoms with Gasteiger partial charge in [0.25, 0.3) is 0 Å². The molecule has 1 fully saturated rings. The first-order valence-electron chi connectivity index (χ1n) is 8.80. The molecule has 0 bridgehead atoms. The second-order valence-electron chi connectivity index (χ2n) is 6.32. The third kappa shape index (κ3) is 6.49. The van der Waals surface area contributed by atoms with Crippen LogP contribution in [-0.4, -0.2) is 63.8 Å². The lowest BCUT2D eigenvalue weighted by atomic mass is 10.1. The number of amides is 1. The number of carbonyl (C=O) groups is 1. The highest BCUT2D eigenvalue weighted by Crippen LogP contribution is 2.31. The molecule has 0 atom stereocenters. The Morgan fingerprint density at radius 1 is 1.23 bits per heavy atom. The molecule has 26 heavy (non-hydrogen) atoms. The van der Waals surface area contributed by atoms with Crippen LogP contribution in [0.4, 0.5) is 18.9 Å². The van der Waals surface area contributed by atoms with E-state index in [4.69, 9.17) is 4.74 Å². The zero-order chi connectivity index (χ0) is 19.0. The van der Waals surface area contributed by atoms with Crippen LogP contribution in [0.25, 0.3) is 0 Å². The van der Waals surface area contributed by atoms with E-state index >= 15 is 0 Å². The molecule has 1 amide bonds. The molecule has 0 aromatic heterocycles. The fraction of sp³-hybridized carbons (Fsp3) is 0.611. The Morgan fingerprint density at radius 2 is 1.96 bits per heavy atom. The summed E-state index contributed by atoms with van der Waals surface area (Å²) in [6, 6.07) is 5.49. The van der Waals surface area contributed by atoms with E-state index in [9.17, 15) is 18.0 Å². The predicted octanol–water partition coefficient (Wildman–Crippen LogP) is 2.37. The minimum absolute atomic E-state index is 0.0128. The Balaban J connectivity index is 1.70. The summed E-state index contributed by atoms with van der Waals surface area (Å²) in [5.41, 5.74) is 0.00604. The maximum absolute atomic E-state index is 12.8. The van der Waals surface area contributed by atoms with Crippen LogP contribution >= 0.6 is 0 Å². The van der Waals surface area contributed by atoms with Gasteiger partial charge in [0.2, 0.25) is 5.91 Å². The normalized spacial score (nSPS) is 15.9. The number of benzene rings is 1. The van der Waals surface area contributed by atoms with Crippen molar-refractivity contribution in [2.24, 2.45) is 0 Å². The van der Waals surface area contributed by atoms with Gasteiger partial charge in [-0.25, -0.2) is 0 Å². The third-order valence-electron chi connectivity index (χ3n) is 4.42. The van der Waals surface area contributed by atoms with Gasteiger partial charge in [-0.2, -0.15) is 13.2 Å². The van der Waals surface area contributed by atoms with Gasteiger partial charge in [0, 0.05) is 51.9 Å². The predicted molar refractivity (Wildman–Crippen MR) is 94.2 cm³/mol. The first kappa shape index (κ1) is 20.5. The Hall–Kier alpha value is -1.80. The Labute approximate surface area is 152 Å². The highest BCUT2D eigenvalue weighted by molar-refractivity contribution is 5.75. The molecular formula is C18H26F3N3O2. The fourth-order valence-corrected chi connectivity index (χ4v) is 2.92. The van der Waals surface area contributed by atoms with Crippen LogP contribution in [0, 0.1) is 0 Å². The first-order valence-corrected chi connectivity index (χ1v) is 8.80. The summed E-state index contributed by atoms with van der Waals surface area (Å²) in [5, 5.41) is 2.85. The summed E-state index contributed by atoms with van der Waals surface area (Å²) in [5.74, 6) is -0.0128. The number of hydrogen-bond acceptors (Lipinski definition) is 4. The Morgan fingerprint density at radius 3 is 2.62 bits per heavy atom. The summed E-state index contributed by atoms with van der Waals surface area (Å²) < 4.78 is 43.3. The zero-order valence-electron chi connectivity index (χ0n) is 15.0. The van der Waals surface area contributed by atoms with Crippen molar-refractivity contribution in [3.8, 4) is 0 Å². The lowest BCUT2D eigenvalue weighted by Crippen LogP contribution is -2.47. The molecule has 8 heteroatoms. The summed E-state index contributed by atoms with van der Waals surface area (Å²) >= 11 is 0. The van der Waals surface area contributed by atoms with Gasteiger partial charge in [-0.05, 0) is 31.2 Å². The quantitative estimate of drug-likeness (QED) is 0.711. The zero-order valence-corrected chi connectivity index (χ0v) is 15.0. The molecule has 0 unspecified atom stereocenters. The second kappa shape index (κ2) is 9.78. The largest absolute Gasteiger partial charge is 0.416 e. The molecule has 1 aliphatic rings. The molecule has 1 saturated heterocycles. The number of nitrogens with zero attached hydrogens (tertiary/aromatic N) is 2. The van der Waals surface area contributed by atoms with E-state index in [-0.39, 0.29) is 5.91 Å². The molecule has 5 nitrogen and oxygen atoms in total. The van der Waals surface area contributed by atoms with Crippen LogP contribution in [0.3, 0.4) is 0 Å². The summed E-state index contributed by atoms with van der Waals surface area (Å²) in [7, 11) is 1.56. The number of hydrogen-bond donors (Lipinski definition) is 1. The summed E-state index contributed by atoms with van der Waals surface area (Å²) in [6.07, 6.45) is -3.10. The molecule has 0 radical (unpaired) electrons. The van der Waals surface area contributed by atoms with Gasteiger partial charge < -0.3 is 15.0 Å². The number of methoxy groups -OCH3 is 1.